The van der Waals surface area contributed by atoms with Crippen LogP contribution in [0.15, 0.2) is 18.2 Å². The number of aromatic hydroxyl groups is 1. The van der Waals surface area contributed by atoms with Gasteiger partial charge < -0.3 is 15.5 Å². The first-order valence-electron chi connectivity index (χ1n) is 5.73. The number of carbonyl (C=O) groups excluding carboxylic acids is 1. The molecule has 0 fully saturated rings. The van der Waals surface area contributed by atoms with Crippen LogP contribution >= 0.6 is 11.8 Å². The number of nitrogens with one attached hydrogen (secondary N) is 1. The van der Waals surface area contributed by atoms with Gasteiger partial charge in [-0.05, 0) is 37.8 Å². The Hall–Kier alpha value is -1.20. The van der Waals surface area contributed by atoms with Gasteiger partial charge in [-0.25, -0.2) is 0 Å². The highest BCUT2D eigenvalue weighted by atomic mass is 32.2. The van der Waals surface area contributed by atoms with E-state index in [1.54, 1.807) is 19.1 Å². The SMILES string of the molecule is CSC(CO)C(C)NC(=O)c1ccc(C)c(O)c1. The maximum atomic E-state index is 11.9. The van der Waals surface area contributed by atoms with Crippen LogP contribution in [0.5, 0.6) is 5.75 Å². The second kappa shape index (κ2) is 6.66. The number of hydrogen-bond acceptors (Lipinski definition) is 4. The van der Waals surface area contributed by atoms with Crippen molar-refractivity contribution in [3.05, 3.63) is 29.3 Å². The number of carbonyl (C=O) groups is 1. The van der Waals surface area contributed by atoms with E-state index in [4.69, 9.17) is 5.11 Å². The van der Waals surface area contributed by atoms with Crippen molar-refractivity contribution in [1.29, 1.82) is 0 Å². The Morgan fingerprint density at radius 1 is 1.50 bits per heavy atom. The molecule has 1 rings (SSSR count). The molecule has 0 saturated carbocycles. The molecule has 0 radical (unpaired) electrons. The minimum absolute atomic E-state index is 0.0156. The quantitative estimate of drug-likeness (QED) is 0.758. The Morgan fingerprint density at radius 2 is 2.17 bits per heavy atom. The Labute approximate surface area is 111 Å². The van der Waals surface area contributed by atoms with Crippen molar-refractivity contribution in [3.8, 4) is 5.75 Å². The lowest BCUT2D eigenvalue weighted by molar-refractivity contribution is 0.0935. The molecule has 3 N–H and O–H groups in total. The smallest absolute Gasteiger partial charge is 0.251 e. The number of phenolic OH excluding ortho intramolecular Hbond substituents is 1. The van der Waals surface area contributed by atoms with Crippen LogP contribution in [0.3, 0.4) is 0 Å². The third-order valence-corrected chi connectivity index (χ3v) is 4.03. The first kappa shape index (κ1) is 14.9. The van der Waals surface area contributed by atoms with Gasteiger partial charge in [0, 0.05) is 16.9 Å². The molecule has 1 aromatic rings. The van der Waals surface area contributed by atoms with Gasteiger partial charge in [0.2, 0.25) is 0 Å². The van der Waals surface area contributed by atoms with Gasteiger partial charge in [-0.1, -0.05) is 6.07 Å². The van der Waals surface area contributed by atoms with Crippen LogP contribution in [0, 0.1) is 6.92 Å². The number of thioether (sulfide) groups is 1. The monoisotopic (exact) mass is 269 g/mol. The standard InChI is InChI=1S/C13H19NO3S/c1-8-4-5-10(6-11(8)16)13(17)14-9(2)12(7-15)18-3/h4-6,9,12,15-16H,7H2,1-3H3,(H,14,17). The topological polar surface area (TPSA) is 69.6 Å². The number of phenols is 1. The van der Waals surface area contributed by atoms with Crippen LogP contribution in [0.25, 0.3) is 0 Å². The minimum Gasteiger partial charge on any atom is -0.508 e. The van der Waals surface area contributed by atoms with Crippen LogP contribution in [0.2, 0.25) is 0 Å². The summed E-state index contributed by atoms with van der Waals surface area (Å²) in [5.41, 5.74) is 1.15. The van der Waals surface area contributed by atoms with Gasteiger partial charge in [0.05, 0.1) is 6.61 Å². The molecule has 100 valence electrons. The van der Waals surface area contributed by atoms with E-state index in [-0.39, 0.29) is 29.6 Å². The van der Waals surface area contributed by atoms with Gasteiger partial charge in [0.1, 0.15) is 5.75 Å². The summed E-state index contributed by atoms with van der Waals surface area (Å²) >= 11 is 1.51. The third-order valence-electron chi connectivity index (χ3n) is 2.87. The van der Waals surface area contributed by atoms with E-state index >= 15 is 0 Å². The van der Waals surface area contributed by atoms with Gasteiger partial charge >= 0.3 is 0 Å². The predicted molar refractivity (Wildman–Crippen MR) is 74.2 cm³/mol. The summed E-state index contributed by atoms with van der Waals surface area (Å²) in [6, 6.07) is 4.68. The van der Waals surface area contributed by atoms with Crippen LogP contribution in [0.1, 0.15) is 22.8 Å². The lowest BCUT2D eigenvalue weighted by atomic mass is 10.1. The summed E-state index contributed by atoms with van der Waals surface area (Å²) in [7, 11) is 0. The first-order valence-corrected chi connectivity index (χ1v) is 7.02. The number of benzene rings is 1. The van der Waals surface area contributed by atoms with Crippen LogP contribution in [-0.4, -0.2) is 40.3 Å². The van der Waals surface area contributed by atoms with E-state index in [0.29, 0.717) is 5.56 Å². The van der Waals surface area contributed by atoms with Gasteiger partial charge in [-0.3, -0.25) is 4.79 Å². The molecular formula is C13H19NO3S. The van der Waals surface area contributed by atoms with Crippen LogP contribution < -0.4 is 5.32 Å². The molecule has 0 heterocycles. The molecule has 0 bridgehead atoms. The summed E-state index contributed by atoms with van der Waals surface area (Å²) in [5, 5.41) is 21.5. The molecule has 1 amide bonds. The molecule has 4 nitrogen and oxygen atoms in total. The van der Waals surface area contributed by atoms with Gasteiger partial charge in [-0.15, -0.1) is 0 Å². The molecule has 5 heteroatoms. The molecule has 2 unspecified atom stereocenters. The fourth-order valence-corrected chi connectivity index (χ4v) is 2.20. The molecule has 0 aromatic heterocycles. The average Bonchev–Trinajstić information content (AvgIpc) is 2.34. The molecule has 18 heavy (non-hydrogen) atoms. The first-order chi connectivity index (χ1) is 8.49. The second-order valence-corrected chi connectivity index (χ2v) is 5.30. The highest BCUT2D eigenvalue weighted by Gasteiger charge is 2.18. The van der Waals surface area contributed by atoms with E-state index in [1.807, 2.05) is 13.2 Å². The fourth-order valence-electron chi connectivity index (χ4n) is 1.57. The zero-order valence-corrected chi connectivity index (χ0v) is 11.6. The minimum atomic E-state index is -0.245. The Kier molecular flexibility index (Phi) is 5.50. The molecule has 2 atom stereocenters. The largest absolute Gasteiger partial charge is 0.508 e. The van der Waals surface area contributed by atoms with E-state index < -0.39 is 0 Å². The molecule has 1 aromatic carbocycles. The molecule has 0 saturated heterocycles. The molecular weight excluding hydrogens is 250 g/mol. The Balaban J connectivity index is 2.73. The number of rotatable bonds is 5. The average molecular weight is 269 g/mol. The molecule has 0 aliphatic heterocycles. The maximum absolute atomic E-state index is 11.9. The van der Waals surface area contributed by atoms with Gasteiger partial charge in [-0.2, -0.15) is 11.8 Å². The summed E-state index contributed by atoms with van der Waals surface area (Å²) in [5.74, 6) is -0.135. The second-order valence-electron chi connectivity index (χ2n) is 4.22. The van der Waals surface area contributed by atoms with E-state index in [0.717, 1.165) is 5.56 Å². The highest BCUT2D eigenvalue weighted by molar-refractivity contribution is 7.99. The van der Waals surface area contributed by atoms with Crippen molar-refractivity contribution in [1.82, 2.24) is 5.32 Å². The Bertz CT molecular complexity index is 419. The van der Waals surface area contributed by atoms with Crippen molar-refractivity contribution in [2.45, 2.75) is 25.1 Å². The lowest BCUT2D eigenvalue weighted by Gasteiger charge is -2.21. The third kappa shape index (κ3) is 3.65. The Morgan fingerprint density at radius 3 is 2.67 bits per heavy atom. The summed E-state index contributed by atoms with van der Waals surface area (Å²) < 4.78 is 0. The van der Waals surface area contributed by atoms with Crippen molar-refractivity contribution in [3.63, 3.8) is 0 Å². The number of hydrogen-bond donors (Lipinski definition) is 3. The fraction of sp³-hybridized carbons (Fsp3) is 0.462. The van der Waals surface area contributed by atoms with E-state index in [1.165, 1.54) is 17.8 Å². The van der Waals surface area contributed by atoms with Gasteiger partial charge in [0.15, 0.2) is 0 Å². The van der Waals surface area contributed by atoms with E-state index in [2.05, 4.69) is 5.32 Å². The van der Waals surface area contributed by atoms with Crippen molar-refractivity contribution >= 4 is 17.7 Å². The maximum Gasteiger partial charge on any atom is 0.251 e. The zero-order valence-electron chi connectivity index (χ0n) is 10.8. The lowest BCUT2D eigenvalue weighted by Crippen LogP contribution is -2.41. The molecule has 0 aliphatic rings. The number of amides is 1. The number of aliphatic hydroxyl groups excluding tert-OH is 1. The summed E-state index contributed by atoms with van der Waals surface area (Å²) in [4.78, 5) is 11.9. The summed E-state index contributed by atoms with van der Waals surface area (Å²) in [6.45, 7) is 3.64. The van der Waals surface area contributed by atoms with Gasteiger partial charge in [0.25, 0.3) is 5.91 Å². The normalized spacial score (nSPS) is 14.0. The van der Waals surface area contributed by atoms with Crippen LogP contribution in [-0.2, 0) is 0 Å². The predicted octanol–water partition coefficient (Wildman–Crippen LogP) is 1.54. The van der Waals surface area contributed by atoms with Crippen molar-refractivity contribution in [2.24, 2.45) is 0 Å². The van der Waals surface area contributed by atoms with Crippen molar-refractivity contribution < 1.29 is 15.0 Å². The van der Waals surface area contributed by atoms with E-state index in [9.17, 15) is 9.90 Å². The molecule has 0 spiro atoms. The zero-order chi connectivity index (χ0) is 13.7. The highest BCUT2D eigenvalue weighted by Crippen LogP contribution is 2.18. The molecule has 0 aliphatic carbocycles. The van der Waals surface area contributed by atoms with Crippen LogP contribution in [0.4, 0.5) is 0 Å². The number of aryl methyl sites for hydroxylation is 1. The van der Waals surface area contributed by atoms with Crippen molar-refractivity contribution in [2.75, 3.05) is 12.9 Å². The summed E-state index contributed by atoms with van der Waals surface area (Å²) in [6.07, 6.45) is 1.89. The number of aliphatic hydroxyl groups is 1.